The van der Waals surface area contributed by atoms with E-state index in [2.05, 4.69) is 0 Å². The van der Waals surface area contributed by atoms with Crippen LogP contribution in [0.5, 0.6) is 0 Å². The fourth-order valence-electron chi connectivity index (χ4n) is 1.72. The van der Waals surface area contributed by atoms with E-state index in [9.17, 15) is 9.59 Å². The largest absolute Gasteiger partial charge is 0.300 e. The van der Waals surface area contributed by atoms with Gasteiger partial charge in [0.25, 0.3) is 0 Å². The molecule has 1 aliphatic rings. The van der Waals surface area contributed by atoms with Crippen molar-refractivity contribution in [3.63, 3.8) is 0 Å². The van der Waals surface area contributed by atoms with Crippen LogP contribution in [0.2, 0.25) is 0 Å². The first-order valence-corrected chi connectivity index (χ1v) is 4.86. The first-order chi connectivity index (χ1) is 6.22. The highest BCUT2D eigenvalue weighted by Gasteiger charge is 2.17. The van der Waals surface area contributed by atoms with Crippen molar-refractivity contribution >= 4 is 12.1 Å². The SMILES string of the molecule is C/C(C=O)=C\CC1CCCC(=O)C1. The van der Waals surface area contributed by atoms with E-state index in [4.69, 9.17) is 0 Å². The maximum Gasteiger partial charge on any atom is 0.145 e. The third-order valence-corrected chi connectivity index (χ3v) is 2.54. The molecular weight excluding hydrogens is 164 g/mol. The van der Waals surface area contributed by atoms with E-state index in [0.717, 1.165) is 37.5 Å². The van der Waals surface area contributed by atoms with Crippen molar-refractivity contribution < 1.29 is 9.59 Å². The Morgan fingerprint density at radius 2 is 2.38 bits per heavy atom. The molecule has 72 valence electrons. The number of Topliss-reactive ketones (excluding diaryl/α,β-unsaturated/α-hetero) is 1. The van der Waals surface area contributed by atoms with Crippen LogP contribution in [0, 0.1) is 5.92 Å². The van der Waals surface area contributed by atoms with Crippen molar-refractivity contribution in [1.82, 2.24) is 0 Å². The van der Waals surface area contributed by atoms with Crippen LogP contribution < -0.4 is 0 Å². The number of ketones is 1. The summed E-state index contributed by atoms with van der Waals surface area (Å²) in [4.78, 5) is 21.4. The van der Waals surface area contributed by atoms with Crippen molar-refractivity contribution in [2.75, 3.05) is 0 Å². The topological polar surface area (TPSA) is 34.1 Å². The molecule has 1 unspecified atom stereocenters. The Hall–Kier alpha value is -0.920. The lowest BCUT2D eigenvalue weighted by Gasteiger charge is -2.18. The zero-order chi connectivity index (χ0) is 9.68. The van der Waals surface area contributed by atoms with Crippen molar-refractivity contribution in [2.45, 2.75) is 39.0 Å². The number of rotatable bonds is 3. The summed E-state index contributed by atoms with van der Waals surface area (Å²) >= 11 is 0. The van der Waals surface area contributed by atoms with Gasteiger partial charge in [-0.25, -0.2) is 0 Å². The van der Waals surface area contributed by atoms with E-state index >= 15 is 0 Å². The number of aldehydes is 1. The van der Waals surface area contributed by atoms with Gasteiger partial charge in [-0.2, -0.15) is 0 Å². The predicted octanol–water partition coefficient (Wildman–Crippen LogP) is 2.28. The lowest BCUT2D eigenvalue weighted by Crippen LogP contribution is -2.14. The van der Waals surface area contributed by atoms with Gasteiger partial charge in [-0.15, -0.1) is 0 Å². The molecule has 13 heavy (non-hydrogen) atoms. The fraction of sp³-hybridized carbons (Fsp3) is 0.636. The molecule has 1 rings (SSSR count). The Morgan fingerprint density at radius 3 is 3.00 bits per heavy atom. The van der Waals surface area contributed by atoms with E-state index in [1.54, 1.807) is 6.92 Å². The Kier molecular flexibility index (Phi) is 3.87. The van der Waals surface area contributed by atoms with E-state index in [1.165, 1.54) is 0 Å². The highest BCUT2D eigenvalue weighted by molar-refractivity contribution is 5.79. The number of carbonyl (C=O) groups is 2. The van der Waals surface area contributed by atoms with E-state index in [-0.39, 0.29) is 0 Å². The fourth-order valence-corrected chi connectivity index (χ4v) is 1.72. The maximum atomic E-state index is 11.1. The molecule has 0 aromatic carbocycles. The normalized spacial score (nSPS) is 24.5. The average Bonchev–Trinajstić information content (AvgIpc) is 2.14. The number of hydrogen-bond donors (Lipinski definition) is 0. The van der Waals surface area contributed by atoms with E-state index in [1.807, 2.05) is 6.08 Å². The molecule has 2 nitrogen and oxygen atoms in total. The van der Waals surface area contributed by atoms with Crippen LogP contribution in [0.25, 0.3) is 0 Å². The molecule has 0 radical (unpaired) electrons. The van der Waals surface area contributed by atoms with Gasteiger partial charge in [0, 0.05) is 12.8 Å². The van der Waals surface area contributed by atoms with Crippen molar-refractivity contribution in [1.29, 1.82) is 0 Å². The molecule has 0 heterocycles. The lowest BCUT2D eigenvalue weighted by molar-refractivity contribution is -0.121. The summed E-state index contributed by atoms with van der Waals surface area (Å²) < 4.78 is 0. The summed E-state index contributed by atoms with van der Waals surface area (Å²) in [5, 5.41) is 0. The smallest absolute Gasteiger partial charge is 0.145 e. The van der Waals surface area contributed by atoms with Crippen molar-refractivity contribution in [2.24, 2.45) is 5.92 Å². The van der Waals surface area contributed by atoms with E-state index in [0.29, 0.717) is 18.1 Å². The molecule has 0 aromatic rings. The molecular formula is C11H16O2. The highest BCUT2D eigenvalue weighted by Crippen LogP contribution is 2.24. The zero-order valence-corrected chi connectivity index (χ0v) is 8.08. The second-order valence-corrected chi connectivity index (χ2v) is 3.80. The third-order valence-electron chi connectivity index (χ3n) is 2.54. The summed E-state index contributed by atoms with van der Waals surface area (Å²) in [6.07, 6.45) is 7.32. The molecule has 1 fully saturated rings. The predicted molar refractivity (Wildman–Crippen MR) is 51.4 cm³/mol. The minimum atomic E-state index is 0.383. The van der Waals surface area contributed by atoms with E-state index < -0.39 is 0 Å². The number of allylic oxidation sites excluding steroid dienone is 2. The second kappa shape index (κ2) is 4.95. The Balaban J connectivity index is 2.36. The third kappa shape index (κ3) is 3.53. The van der Waals surface area contributed by atoms with Gasteiger partial charge >= 0.3 is 0 Å². The van der Waals surface area contributed by atoms with Crippen molar-refractivity contribution in [3.8, 4) is 0 Å². The van der Waals surface area contributed by atoms with Crippen molar-refractivity contribution in [3.05, 3.63) is 11.6 Å². The quantitative estimate of drug-likeness (QED) is 0.493. The molecule has 0 aliphatic heterocycles. The minimum Gasteiger partial charge on any atom is -0.300 e. The molecule has 1 aliphatic carbocycles. The van der Waals surface area contributed by atoms with Crippen LogP contribution in [0.15, 0.2) is 11.6 Å². The standard InChI is InChI=1S/C11H16O2/c1-9(8-12)5-6-10-3-2-4-11(13)7-10/h5,8,10H,2-4,6-7H2,1H3/b9-5+. The first-order valence-electron chi connectivity index (χ1n) is 4.86. The van der Waals surface area contributed by atoms with Crippen LogP contribution in [0.1, 0.15) is 39.0 Å². The van der Waals surface area contributed by atoms with Crippen LogP contribution in [0.3, 0.4) is 0 Å². The molecule has 0 N–H and O–H groups in total. The molecule has 0 saturated heterocycles. The van der Waals surface area contributed by atoms with Gasteiger partial charge < -0.3 is 0 Å². The first kappa shape index (κ1) is 10.2. The van der Waals surface area contributed by atoms with Crippen LogP contribution in [-0.2, 0) is 9.59 Å². The van der Waals surface area contributed by atoms with Gasteiger partial charge in [0.2, 0.25) is 0 Å². The van der Waals surface area contributed by atoms with Gasteiger partial charge in [0.05, 0.1) is 0 Å². The van der Waals surface area contributed by atoms with Gasteiger partial charge in [-0.05, 0) is 37.7 Å². The average molecular weight is 180 g/mol. The summed E-state index contributed by atoms with van der Waals surface area (Å²) in [6, 6.07) is 0. The molecule has 0 spiro atoms. The van der Waals surface area contributed by atoms with Gasteiger partial charge in [-0.1, -0.05) is 6.08 Å². The Morgan fingerprint density at radius 1 is 1.62 bits per heavy atom. The second-order valence-electron chi connectivity index (χ2n) is 3.80. The Labute approximate surface area is 79.0 Å². The summed E-state index contributed by atoms with van der Waals surface area (Å²) in [7, 11) is 0. The number of hydrogen-bond acceptors (Lipinski definition) is 2. The van der Waals surface area contributed by atoms with Gasteiger partial charge in [0.1, 0.15) is 12.1 Å². The highest BCUT2D eigenvalue weighted by atomic mass is 16.1. The van der Waals surface area contributed by atoms with Gasteiger partial charge in [0.15, 0.2) is 0 Å². The van der Waals surface area contributed by atoms with Crippen LogP contribution >= 0.6 is 0 Å². The summed E-state index contributed by atoms with van der Waals surface area (Å²) in [6.45, 7) is 1.80. The Bertz CT molecular complexity index is 228. The van der Waals surface area contributed by atoms with Gasteiger partial charge in [-0.3, -0.25) is 9.59 Å². The molecule has 1 atom stereocenters. The molecule has 1 saturated carbocycles. The minimum absolute atomic E-state index is 0.383. The number of carbonyl (C=O) groups excluding carboxylic acids is 2. The zero-order valence-electron chi connectivity index (χ0n) is 8.08. The lowest BCUT2D eigenvalue weighted by atomic mass is 9.86. The van der Waals surface area contributed by atoms with Crippen LogP contribution in [-0.4, -0.2) is 12.1 Å². The van der Waals surface area contributed by atoms with Crippen LogP contribution in [0.4, 0.5) is 0 Å². The summed E-state index contributed by atoms with van der Waals surface area (Å²) in [5.41, 5.74) is 0.776. The molecule has 0 bridgehead atoms. The maximum absolute atomic E-state index is 11.1. The molecule has 0 aromatic heterocycles. The molecule has 2 heteroatoms. The monoisotopic (exact) mass is 180 g/mol. The summed E-state index contributed by atoms with van der Waals surface area (Å²) in [5.74, 6) is 0.865. The molecule has 0 amide bonds.